The van der Waals surface area contributed by atoms with Crippen LogP contribution in [0.2, 0.25) is 0 Å². The number of hydrogen-bond acceptors (Lipinski definition) is 6. The Bertz CT molecular complexity index is 633. The Morgan fingerprint density at radius 2 is 2.11 bits per heavy atom. The maximum absolute atomic E-state index is 4.62. The molecule has 0 aliphatic rings. The molecule has 0 saturated heterocycles. The number of aromatic nitrogens is 3. The van der Waals surface area contributed by atoms with E-state index in [4.69, 9.17) is 0 Å². The number of nitrogens with zero attached hydrogens (tertiary/aromatic N) is 3. The number of thiazole rings is 1. The van der Waals surface area contributed by atoms with Crippen molar-refractivity contribution in [2.24, 2.45) is 0 Å². The van der Waals surface area contributed by atoms with Gasteiger partial charge in [-0.2, -0.15) is 0 Å². The van der Waals surface area contributed by atoms with Crippen molar-refractivity contribution < 1.29 is 0 Å². The first kappa shape index (κ1) is 11.8. The van der Waals surface area contributed by atoms with Crippen molar-refractivity contribution in [3.05, 3.63) is 35.3 Å². The third kappa shape index (κ3) is 2.19. The van der Waals surface area contributed by atoms with Gasteiger partial charge in [0.25, 0.3) is 0 Å². The minimum absolute atomic E-state index is 0.790. The van der Waals surface area contributed by atoms with Gasteiger partial charge in [-0.3, -0.25) is 0 Å². The molecule has 3 aromatic rings. The summed E-state index contributed by atoms with van der Waals surface area (Å²) >= 11 is 4.84. The molecule has 0 radical (unpaired) electrons. The van der Waals surface area contributed by atoms with Crippen LogP contribution in [0.15, 0.2) is 40.4 Å². The summed E-state index contributed by atoms with van der Waals surface area (Å²) in [5.74, 6) is 0. The Morgan fingerprint density at radius 3 is 2.78 bits per heavy atom. The zero-order chi connectivity index (χ0) is 12.4. The molecule has 3 heterocycles. The third-order valence-electron chi connectivity index (χ3n) is 2.37. The first-order chi connectivity index (χ1) is 8.88. The minimum atomic E-state index is 0.790. The summed E-state index contributed by atoms with van der Waals surface area (Å²) in [5, 5.41) is 5.78. The topological polar surface area (TPSA) is 38.7 Å². The molecule has 0 unspecified atom stereocenters. The van der Waals surface area contributed by atoms with E-state index in [2.05, 4.69) is 26.4 Å². The van der Waals surface area contributed by atoms with Crippen LogP contribution in [0.3, 0.4) is 0 Å². The molecule has 18 heavy (non-hydrogen) atoms. The molecule has 0 fully saturated rings. The van der Waals surface area contributed by atoms with Gasteiger partial charge in [0.15, 0.2) is 5.16 Å². The zero-order valence-corrected chi connectivity index (χ0v) is 12.0. The molecule has 3 aromatic heterocycles. The highest BCUT2D eigenvalue weighted by Gasteiger charge is 2.13. The van der Waals surface area contributed by atoms with Gasteiger partial charge in [-0.1, -0.05) is 17.8 Å². The van der Waals surface area contributed by atoms with Crippen LogP contribution in [-0.4, -0.2) is 21.2 Å². The summed E-state index contributed by atoms with van der Waals surface area (Å²) in [6.07, 6.45) is 5.66. The van der Waals surface area contributed by atoms with E-state index in [1.807, 2.05) is 23.9 Å². The average Bonchev–Trinajstić information content (AvgIpc) is 3.11. The average molecular weight is 291 g/mol. The molecule has 90 valence electrons. The maximum atomic E-state index is 4.62. The van der Waals surface area contributed by atoms with Crippen molar-refractivity contribution in [2.75, 3.05) is 6.26 Å². The molecule has 0 amide bonds. The van der Waals surface area contributed by atoms with Gasteiger partial charge in [0, 0.05) is 17.8 Å². The second kappa shape index (κ2) is 5.17. The second-order valence-electron chi connectivity index (χ2n) is 3.43. The molecule has 0 bridgehead atoms. The first-order valence-electron chi connectivity index (χ1n) is 5.23. The van der Waals surface area contributed by atoms with E-state index in [0.29, 0.717) is 0 Å². The van der Waals surface area contributed by atoms with E-state index in [9.17, 15) is 0 Å². The lowest BCUT2D eigenvalue weighted by Gasteiger charge is -2.05. The summed E-state index contributed by atoms with van der Waals surface area (Å²) in [6, 6.07) is 4.11. The summed E-state index contributed by atoms with van der Waals surface area (Å²) in [5.41, 5.74) is 1.98. The fourth-order valence-electron chi connectivity index (χ4n) is 1.58. The van der Waals surface area contributed by atoms with Crippen molar-refractivity contribution >= 4 is 34.4 Å². The normalized spacial score (nSPS) is 10.7. The fraction of sp³-hybridized carbons (Fsp3) is 0.0833. The Balaban J connectivity index is 2.19. The van der Waals surface area contributed by atoms with Crippen molar-refractivity contribution in [3.63, 3.8) is 0 Å². The molecule has 0 aliphatic heterocycles. The van der Waals surface area contributed by atoms with Crippen molar-refractivity contribution in [3.8, 4) is 21.1 Å². The predicted molar refractivity (Wildman–Crippen MR) is 78.2 cm³/mol. The number of rotatable bonds is 3. The largest absolute Gasteiger partial charge is 0.244 e. The highest BCUT2D eigenvalue weighted by atomic mass is 32.2. The van der Waals surface area contributed by atoms with E-state index in [-0.39, 0.29) is 0 Å². The van der Waals surface area contributed by atoms with Gasteiger partial charge in [-0.25, -0.2) is 15.0 Å². The molecule has 0 spiro atoms. The smallest absolute Gasteiger partial charge is 0.187 e. The molecule has 0 aromatic carbocycles. The van der Waals surface area contributed by atoms with Crippen LogP contribution in [-0.2, 0) is 0 Å². The Morgan fingerprint density at radius 1 is 1.17 bits per heavy atom. The predicted octanol–water partition coefficient (Wildman–Crippen LogP) is 4.05. The molecule has 6 heteroatoms. The highest BCUT2D eigenvalue weighted by Crippen LogP contribution is 2.34. The van der Waals surface area contributed by atoms with E-state index >= 15 is 0 Å². The van der Waals surface area contributed by atoms with Crippen LogP contribution in [0.1, 0.15) is 0 Å². The molecule has 3 nitrogen and oxygen atoms in total. The lowest BCUT2D eigenvalue weighted by atomic mass is 10.2. The summed E-state index contributed by atoms with van der Waals surface area (Å²) < 4.78 is 0. The van der Waals surface area contributed by atoms with Gasteiger partial charge in [0.2, 0.25) is 0 Å². The van der Waals surface area contributed by atoms with Gasteiger partial charge in [0.05, 0.1) is 16.1 Å². The Hall–Kier alpha value is -1.24. The van der Waals surface area contributed by atoms with E-state index in [0.717, 1.165) is 26.3 Å². The standard InChI is InChI=1S/C12H9N3S3/c1-16-12-14-7-8(11-13-4-6-18-11)10(15-12)9-3-2-5-17-9/h2-7H,1H3. The van der Waals surface area contributed by atoms with Gasteiger partial charge < -0.3 is 0 Å². The number of thioether (sulfide) groups is 1. The van der Waals surface area contributed by atoms with Crippen molar-refractivity contribution in [2.45, 2.75) is 5.16 Å². The number of hydrogen-bond donors (Lipinski definition) is 0. The summed E-state index contributed by atoms with van der Waals surface area (Å²) in [7, 11) is 0. The molecular formula is C12H9N3S3. The molecule has 3 rings (SSSR count). The lowest BCUT2D eigenvalue weighted by molar-refractivity contribution is 0.980. The lowest BCUT2D eigenvalue weighted by Crippen LogP contribution is -1.92. The zero-order valence-electron chi connectivity index (χ0n) is 9.53. The molecule has 0 saturated carbocycles. The van der Waals surface area contributed by atoms with Crippen molar-refractivity contribution in [1.82, 2.24) is 15.0 Å². The SMILES string of the molecule is CSc1ncc(-c2nccs2)c(-c2cccs2)n1. The Labute approximate surface area is 117 Å². The highest BCUT2D eigenvalue weighted by molar-refractivity contribution is 7.98. The van der Waals surface area contributed by atoms with Crippen LogP contribution >= 0.6 is 34.4 Å². The van der Waals surface area contributed by atoms with Gasteiger partial charge in [0.1, 0.15) is 5.01 Å². The first-order valence-corrected chi connectivity index (χ1v) is 8.21. The second-order valence-corrected chi connectivity index (χ2v) is 6.05. The van der Waals surface area contributed by atoms with Crippen LogP contribution in [0.4, 0.5) is 0 Å². The van der Waals surface area contributed by atoms with Crippen LogP contribution in [0.25, 0.3) is 21.1 Å². The molecule has 0 atom stereocenters. The minimum Gasteiger partial charge on any atom is -0.244 e. The fourth-order valence-corrected chi connectivity index (χ4v) is 3.30. The van der Waals surface area contributed by atoms with E-state index in [1.165, 1.54) is 0 Å². The van der Waals surface area contributed by atoms with Crippen molar-refractivity contribution in [1.29, 1.82) is 0 Å². The summed E-state index contributed by atoms with van der Waals surface area (Å²) in [4.78, 5) is 14.5. The quantitative estimate of drug-likeness (QED) is 0.539. The van der Waals surface area contributed by atoms with E-state index in [1.54, 1.807) is 40.6 Å². The van der Waals surface area contributed by atoms with Gasteiger partial charge >= 0.3 is 0 Å². The van der Waals surface area contributed by atoms with Gasteiger partial charge in [-0.15, -0.1) is 22.7 Å². The molecule has 0 aliphatic carbocycles. The van der Waals surface area contributed by atoms with E-state index < -0.39 is 0 Å². The van der Waals surface area contributed by atoms with Crippen LogP contribution < -0.4 is 0 Å². The maximum Gasteiger partial charge on any atom is 0.187 e. The molecule has 0 N–H and O–H groups in total. The summed E-state index contributed by atoms with van der Waals surface area (Å²) in [6.45, 7) is 0. The third-order valence-corrected chi connectivity index (χ3v) is 4.61. The van der Waals surface area contributed by atoms with Crippen LogP contribution in [0, 0.1) is 0 Å². The molecular weight excluding hydrogens is 282 g/mol. The number of thiophene rings is 1. The monoisotopic (exact) mass is 291 g/mol. The van der Waals surface area contributed by atoms with Gasteiger partial charge in [-0.05, 0) is 17.7 Å². The Kier molecular flexibility index (Phi) is 3.40. The van der Waals surface area contributed by atoms with Crippen LogP contribution in [0.5, 0.6) is 0 Å².